The molecule has 1 amide bonds. The van der Waals surface area contributed by atoms with Gasteiger partial charge in [-0.2, -0.15) is 0 Å². The van der Waals surface area contributed by atoms with E-state index >= 15 is 0 Å². The van der Waals surface area contributed by atoms with Gasteiger partial charge in [-0.3, -0.25) is 4.79 Å². The van der Waals surface area contributed by atoms with Crippen LogP contribution in [-0.4, -0.2) is 40.2 Å². The molecule has 1 heterocycles. The van der Waals surface area contributed by atoms with Crippen LogP contribution in [0, 0.1) is 0 Å². The molecular formula is C10H12N2O3. The summed E-state index contributed by atoms with van der Waals surface area (Å²) in [6.07, 6.45) is 0. The SMILES string of the molecule is NC1CN(C(=O)c2ccc(O)cc2O)C1. The lowest BCUT2D eigenvalue weighted by atomic mass is 10.1. The van der Waals surface area contributed by atoms with Crippen LogP contribution in [0.2, 0.25) is 0 Å². The first-order chi connectivity index (χ1) is 7.08. The van der Waals surface area contributed by atoms with Gasteiger partial charge in [0.1, 0.15) is 11.5 Å². The Labute approximate surface area is 86.7 Å². The summed E-state index contributed by atoms with van der Waals surface area (Å²) < 4.78 is 0. The number of rotatable bonds is 1. The molecule has 1 aliphatic heterocycles. The fourth-order valence-corrected chi connectivity index (χ4v) is 1.55. The van der Waals surface area contributed by atoms with Crippen molar-refractivity contribution in [3.8, 4) is 11.5 Å². The number of hydrogen-bond acceptors (Lipinski definition) is 4. The van der Waals surface area contributed by atoms with Gasteiger partial charge in [-0.15, -0.1) is 0 Å². The molecule has 0 atom stereocenters. The van der Waals surface area contributed by atoms with E-state index in [2.05, 4.69) is 0 Å². The molecule has 80 valence electrons. The lowest BCUT2D eigenvalue weighted by Gasteiger charge is -2.36. The number of likely N-dealkylation sites (tertiary alicyclic amines) is 1. The third kappa shape index (κ3) is 1.73. The minimum atomic E-state index is -0.255. The van der Waals surface area contributed by atoms with E-state index in [0.717, 1.165) is 6.07 Å². The zero-order valence-corrected chi connectivity index (χ0v) is 8.05. The van der Waals surface area contributed by atoms with Gasteiger partial charge in [0.15, 0.2) is 0 Å². The number of nitrogens with zero attached hydrogens (tertiary/aromatic N) is 1. The number of amides is 1. The largest absolute Gasteiger partial charge is 0.508 e. The molecule has 5 nitrogen and oxygen atoms in total. The van der Waals surface area contributed by atoms with Gasteiger partial charge in [-0.25, -0.2) is 0 Å². The van der Waals surface area contributed by atoms with Gasteiger partial charge in [0.05, 0.1) is 5.56 Å². The van der Waals surface area contributed by atoms with Crippen LogP contribution >= 0.6 is 0 Å². The van der Waals surface area contributed by atoms with E-state index in [1.807, 2.05) is 0 Å². The standard InChI is InChI=1S/C10H12N2O3/c11-6-4-12(5-6)10(15)8-2-1-7(13)3-9(8)14/h1-3,6,13-14H,4-5,11H2. The molecule has 0 saturated carbocycles. The molecule has 0 unspecified atom stereocenters. The molecule has 5 heteroatoms. The second-order valence-electron chi connectivity index (χ2n) is 3.67. The number of carbonyl (C=O) groups is 1. The van der Waals surface area contributed by atoms with Crippen LogP contribution in [0.1, 0.15) is 10.4 Å². The summed E-state index contributed by atoms with van der Waals surface area (Å²) in [5.41, 5.74) is 5.74. The number of phenols is 2. The summed E-state index contributed by atoms with van der Waals surface area (Å²) in [6.45, 7) is 1.03. The van der Waals surface area contributed by atoms with Crippen LogP contribution in [0.15, 0.2) is 18.2 Å². The summed E-state index contributed by atoms with van der Waals surface area (Å²) in [4.78, 5) is 13.3. The van der Waals surface area contributed by atoms with Crippen LogP contribution in [0.4, 0.5) is 0 Å². The predicted molar refractivity (Wildman–Crippen MR) is 53.7 cm³/mol. The first-order valence-electron chi connectivity index (χ1n) is 4.65. The molecule has 1 aromatic rings. The van der Waals surface area contributed by atoms with Gasteiger partial charge in [0.25, 0.3) is 5.91 Å². The fourth-order valence-electron chi connectivity index (χ4n) is 1.55. The lowest BCUT2D eigenvalue weighted by molar-refractivity contribution is 0.0605. The number of benzene rings is 1. The van der Waals surface area contributed by atoms with Crippen LogP contribution < -0.4 is 5.73 Å². The van der Waals surface area contributed by atoms with Crippen molar-refractivity contribution in [3.05, 3.63) is 23.8 Å². The summed E-state index contributed by atoms with van der Waals surface area (Å²) >= 11 is 0. The smallest absolute Gasteiger partial charge is 0.257 e. The average molecular weight is 208 g/mol. The topological polar surface area (TPSA) is 86.8 Å². The van der Waals surface area contributed by atoms with E-state index in [-0.39, 0.29) is 29.0 Å². The van der Waals surface area contributed by atoms with E-state index in [9.17, 15) is 9.90 Å². The van der Waals surface area contributed by atoms with E-state index in [4.69, 9.17) is 10.8 Å². The van der Waals surface area contributed by atoms with Crippen molar-refractivity contribution in [3.63, 3.8) is 0 Å². The molecule has 0 aromatic heterocycles. The molecule has 0 bridgehead atoms. The molecule has 2 rings (SSSR count). The normalized spacial score (nSPS) is 16.2. The highest BCUT2D eigenvalue weighted by molar-refractivity contribution is 5.97. The number of carbonyl (C=O) groups excluding carboxylic acids is 1. The number of hydrogen-bond donors (Lipinski definition) is 3. The maximum absolute atomic E-state index is 11.7. The predicted octanol–water partition coefficient (Wildman–Crippen LogP) is -0.119. The molecule has 1 aliphatic rings. The van der Waals surface area contributed by atoms with E-state index in [1.165, 1.54) is 12.1 Å². The summed E-state index contributed by atoms with van der Waals surface area (Å²) in [6, 6.07) is 3.95. The van der Waals surface area contributed by atoms with Crippen molar-refractivity contribution >= 4 is 5.91 Å². The number of phenolic OH excluding ortho intramolecular Hbond substituents is 2. The van der Waals surface area contributed by atoms with E-state index in [0.29, 0.717) is 13.1 Å². The van der Waals surface area contributed by atoms with Crippen molar-refractivity contribution < 1.29 is 15.0 Å². The highest BCUT2D eigenvalue weighted by Gasteiger charge is 2.29. The lowest BCUT2D eigenvalue weighted by Crippen LogP contribution is -2.57. The monoisotopic (exact) mass is 208 g/mol. The molecule has 0 spiro atoms. The summed E-state index contributed by atoms with van der Waals surface area (Å²) in [7, 11) is 0. The Morgan fingerprint density at radius 2 is 2.07 bits per heavy atom. The zero-order chi connectivity index (χ0) is 11.0. The minimum absolute atomic E-state index is 0.0354. The molecule has 1 fully saturated rings. The second kappa shape index (κ2) is 3.43. The van der Waals surface area contributed by atoms with E-state index < -0.39 is 0 Å². The molecule has 1 aromatic carbocycles. The first-order valence-corrected chi connectivity index (χ1v) is 4.65. The summed E-state index contributed by atoms with van der Waals surface area (Å²) in [5.74, 6) is -0.529. The molecule has 0 aliphatic carbocycles. The summed E-state index contributed by atoms with van der Waals surface area (Å²) in [5, 5.41) is 18.5. The van der Waals surface area contributed by atoms with Crippen molar-refractivity contribution in [2.75, 3.05) is 13.1 Å². The fraction of sp³-hybridized carbons (Fsp3) is 0.300. The number of aromatic hydroxyl groups is 2. The Kier molecular flexibility index (Phi) is 2.24. The highest BCUT2D eigenvalue weighted by Crippen LogP contribution is 2.25. The van der Waals surface area contributed by atoms with E-state index in [1.54, 1.807) is 4.90 Å². The third-order valence-electron chi connectivity index (χ3n) is 2.41. The molecular weight excluding hydrogens is 196 g/mol. The molecule has 4 N–H and O–H groups in total. The number of nitrogens with two attached hydrogens (primary N) is 1. The first kappa shape index (κ1) is 9.79. The molecule has 15 heavy (non-hydrogen) atoms. The van der Waals surface area contributed by atoms with Crippen molar-refractivity contribution in [2.45, 2.75) is 6.04 Å². The van der Waals surface area contributed by atoms with Crippen LogP contribution in [0.25, 0.3) is 0 Å². The van der Waals surface area contributed by atoms with Crippen molar-refractivity contribution in [1.82, 2.24) is 4.90 Å². The molecule has 0 radical (unpaired) electrons. The van der Waals surface area contributed by atoms with Gasteiger partial charge in [-0.05, 0) is 12.1 Å². The van der Waals surface area contributed by atoms with Crippen molar-refractivity contribution in [1.29, 1.82) is 0 Å². The van der Waals surface area contributed by atoms with Gasteiger partial charge in [-0.1, -0.05) is 0 Å². The van der Waals surface area contributed by atoms with Crippen LogP contribution in [0.5, 0.6) is 11.5 Å². The zero-order valence-electron chi connectivity index (χ0n) is 8.05. The average Bonchev–Trinajstić information content (AvgIpc) is 2.12. The quantitative estimate of drug-likeness (QED) is 0.600. The second-order valence-corrected chi connectivity index (χ2v) is 3.67. The van der Waals surface area contributed by atoms with Gasteiger partial charge >= 0.3 is 0 Å². The Balaban J connectivity index is 2.19. The van der Waals surface area contributed by atoms with Crippen molar-refractivity contribution in [2.24, 2.45) is 5.73 Å². The van der Waals surface area contributed by atoms with Gasteiger partial charge in [0.2, 0.25) is 0 Å². The maximum Gasteiger partial charge on any atom is 0.257 e. The van der Waals surface area contributed by atoms with Crippen LogP contribution in [0.3, 0.4) is 0 Å². The Morgan fingerprint density at radius 3 is 2.60 bits per heavy atom. The molecule has 1 saturated heterocycles. The Hall–Kier alpha value is -1.75. The van der Waals surface area contributed by atoms with Crippen LogP contribution in [-0.2, 0) is 0 Å². The van der Waals surface area contributed by atoms with Gasteiger partial charge < -0.3 is 20.8 Å². The minimum Gasteiger partial charge on any atom is -0.508 e. The highest BCUT2D eigenvalue weighted by atomic mass is 16.3. The third-order valence-corrected chi connectivity index (χ3v) is 2.41. The van der Waals surface area contributed by atoms with Gasteiger partial charge in [0, 0.05) is 25.2 Å². The Bertz CT molecular complexity index is 400. The maximum atomic E-state index is 11.7. The Morgan fingerprint density at radius 1 is 1.40 bits per heavy atom.